The van der Waals surface area contributed by atoms with Crippen molar-refractivity contribution in [2.75, 3.05) is 19.6 Å². The van der Waals surface area contributed by atoms with E-state index in [4.69, 9.17) is 0 Å². The standard InChI is InChI=1S/C13H24N2O.ClH/c16-13(8-12-6-7-14-9-12)15-10-11-4-2-1-3-5-11;/h11-12,14H,1-10H2,(H,15,16);1H. The molecule has 1 aliphatic heterocycles. The highest BCUT2D eigenvalue weighted by atomic mass is 35.5. The number of carbonyl (C=O) groups is 1. The molecular formula is C13H25ClN2O. The zero-order chi connectivity index (χ0) is 11.2. The van der Waals surface area contributed by atoms with E-state index in [-0.39, 0.29) is 18.3 Å². The first-order valence-corrected chi connectivity index (χ1v) is 6.82. The monoisotopic (exact) mass is 260 g/mol. The first-order valence-electron chi connectivity index (χ1n) is 6.82. The van der Waals surface area contributed by atoms with Crippen molar-refractivity contribution < 1.29 is 4.79 Å². The Morgan fingerprint density at radius 2 is 1.88 bits per heavy atom. The highest BCUT2D eigenvalue weighted by Crippen LogP contribution is 2.22. The third-order valence-corrected chi connectivity index (χ3v) is 3.95. The molecule has 3 nitrogen and oxygen atoms in total. The summed E-state index contributed by atoms with van der Waals surface area (Å²) < 4.78 is 0. The normalized spacial score (nSPS) is 25.3. The van der Waals surface area contributed by atoms with Crippen molar-refractivity contribution in [3.63, 3.8) is 0 Å². The van der Waals surface area contributed by atoms with Gasteiger partial charge in [-0.25, -0.2) is 0 Å². The molecule has 2 N–H and O–H groups in total. The maximum absolute atomic E-state index is 11.7. The molecule has 2 fully saturated rings. The van der Waals surface area contributed by atoms with E-state index >= 15 is 0 Å². The SMILES string of the molecule is Cl.O=C(CC1CCNC1)NCC1CCCCC1. The zero-order valence-corrected chi connectivity index (χ0v) is 11.4. The van der Waals surface area contributed by atoms with Crippen molar-refractivity contribution in [1.29, 1.82) is 0 Å². The Morgan fingerprint density at radius 3 is 2.53 bits per heavy atom. The molecule has 0 aromatic carbocycles. The zero-order valence-electron chi connectivity index (χ0n) is 10.5. The lowest BCUT2D eigenvalue weighted by Gasteiger charge is -2.22. The van der Waals surface area contributed by atoms with Gasteiger partial charge in [0, 0.05) is 13.0 Å². The number of hydrogen-bond acceptors (Lipinski definition) is 2. The minimum absolute atomic E-state index is 0. The Kier molecular flexibility index (Phi) is 6.90. The van der Waals surface area contributed by atoms with Crippen LogP contribution in [0.25, 0.3) is 0 Å². The van der Waals surface area contributed by atoms with Gasteiger partial charge in [0.15, 0.2) is 0 Å². The first kappa shape index (κ1) is 14.8. The van der Waals surface area contributed by atoms with Crippen LogP contribution in [0.4, 0.5) is 0 Å². The predicted octanol–water partition coefficient (Wildman–Crippen LogP) is 2.10. The second-order valence-electron chi connectivity index (χ2n) is 5.37. The lowest BCUT2D eigenvalue weighted by atomic mass is 9.89. The van der Waals surface area contributed by atoms with Crippen molar-refractivity contribution >= 4 is 18.3 Å². The molecule has 1 saturated heterocycles. The van der Waals surface area contributed by atoms with Crippen molar-refractivity contribution in [3.8, 4) is 0 Å². The lowest BCUT2D eigenvalue weighted by Crippen LogP contribution is -2.31. The summed E-state index contributed by atoms with van der Waals surface area (Å²) in [6.45, 7) is 3.02. The summed E-state index contributed by atoms with van der Waals surface area (Å²) in [5.41, 5.74) is 0. The molecule has 1 atom stereocenters. The number of halogens is 1. The molecule has 0 aromatic rings. The number of rotatable bonds is 4. The minimum atomic E-state index is 0. The van der Waals surface area contributed by atoms with Crippen molar-refractivity contribution in [2.45, 2.75) is 44.9 Å². The molecule has 1 unspecified atom stereocenters. The first-order chi connectivity index (χ1) is 7.84. The summed E-state index contributed by atoms with van der Waals surface area (Å²) >= 11 is 0. The average Bonchev–Trinajstić information content (AvgIpc) is 2.81. The third kappa shape index (κ3) is 5.26. The second kappa shape index (κ2) is 7.93. The predicted molar refractivity (Wildman–Crippen MR) is 72.4 cm³/mol. The molecular weight excluding hydrogens is 236 g/mol. The summed E-state index contributed by atoms with van der Waals surface area (Å²) in [6.07, 6.45) is 8.60. The lowest BCUT2D eigenvalue weighted by molar-refractivity contribution is -0.122. The Labute approximate surface area is 111 Å². The largest absolute Gasteiger partial charge is 0.356 e. The number of nitrogens with one attached hydrogen (secondary N) is 2. The smallest absolute Gasteiger partial charge is 0.220 e. The number of amides is 1. The van der Waals surface area contributed by atoms with Crippen LogP contribution in [0.3, 0.4) is 0 Å². The summed E-state index contributed by atoms with van der Waals surface area (Å²) in [5, 5.41) is 6.42. The van der Waals surface area contributed by atoms with E-state index in [1.54, 1.807) is 0 Å². The minimum Gasteiger partial charge on any atom is -0.356 e. The van der Waals surface area contributed by atoms with Gasteiger partial charge in [-0.05, 0) is 44.2 Å². The van der Waals surface area contributed by atoms with Gasteiger partial charge in [-0.1, -0.05) is 19.3 Å². The quantitative estimate of drug-likeness (QED) is 0.813. The maximum atomic E-state index is 11.7. The van der Waals surface area contributed by atoms with E-state index < -0.39 is 0 Å². The fourth-order valence-corrected chi connectivity index (χ4v) is 2.87. The van der Waals surface area contributed by atoms with Crippen LogP contribution >= 0.6 is 12.4 Å². The van der Waals surface area contributed by atoms with Crippen LogP contribution < -0.4 is 10.6 Å². The van der Waals surface area contributed by atoms with E-state index in [0.717, 1.165) is 38.4 Å². The highest BCUT2D eigenvalue weighted by molar-refractivity contribution is 5.85. The summed E-state index contributed by atoms with van der Waals surface area (Å²) in [5.74, 6) is 1.59. The van der Waals surface area contributed by atoms with Gasteiger partial charge in [0.2, 0.25) is 5.91 Å². The molecule has 2 aliphatic rings. The van der Waals surface area contributed by atoms with Crippen LogP contribution in [-0.2, 0) is 4.79 Å². The van der Waals surface area contributed by atoms with Crippen LogP contribution in [0, 0.1) is 11.8 Å². The van der Waals surface area contributed by atoms with Crippen LogP contribution in [0.5, 0.6) is 0 Å². The van der Waals surface area contributed by atoms with Crippen LogP contribution in [-0.4, -0.2) is 25.5 Å². The summed E-state index contributed by atoms with van der Waals surface area (Å²) in [7, 11) is 0. The van der Waals surface area contributed by atoms with E-state index in [9.17, 15) is 4.79 Å². The van der Waals surface area contributed by atoms with Crippen LogP contribution in [0.2, 0.25) is 0 Å². The summed E-state index contributed by atoms with van der Waals surface area (Å²) in [4.78, 5) is 11.7. The number of carbonyl (C=O) groups excluding carboxylic acids is 1. The Bertz CT molecular complexity index is 223. The Morgan fingerprint density at radius 1 is 1.12 bits per heavy atom. The Hall–Kier alpha value is -0.280. The van der Waals surface area contributed by atoms with Gasteiger partial charge in [0.05, 0.1) is 0 Å². The van der Waals surface area contributed by atoms with Crippen LogP contribution in [0.15, 0.2) is 0 Å². The third-order valence-electron chi connectivity index (χ3n) is 3.95. The molecule has 100 valence electrons. The van der Waals surface area contributed by atoms with Gasteiger partial charge in [-0.2, -0.15) is 0 Å². The van der Waals surface area contributed by atoms with Gasteiger partial charge in [0.1, 0.15) is 0 Å². The van der Waals surface area contributed by atoms with Gasteiger partial charge in [-0.15, -0.1) is 12.4 Å². The molecule has 4 heteroatoms. The van der Waals surface area contributed by atoms with Crippen molar-refractivity contribution in [3.05, 3.63) is 0 Å². The average molecular weight is 261 g/mol. The fraction of sp³-hybridized carbons (Fsp3) is 0.923. The van der Waals surface area contributed by atoms with Crippen LogP contribution in [0.1, 0.15) is 44.9 Å². The second-order valence-corrected chi connectivity index (χ2v) is 5.37. The molecule has 1 heterocycles. The summed E-state index contributed by atoms with van der Waals surface area (Å²) in [6, 6.07) is 0. The fourth-order valence-electron chi connectivity index (χ4n) is 2.87. The van der Waals surface area contributed by atoms with E-state index in [0.29, 0.717) is 5.92 Å². The molecule has 2 rings (SSSR count). The number of hydrogen-bond donors (Lipinski definition) is 2. The molecule has 1 saturated carbocycles. The molecule has 17 heavy (non-hydrogen) atoms. The van der Waals surface area contributed by atoms with E-state index in [1.165, 1.54) is 32.1 Å². The molecule has 0 radical (unpaired) electrons. The Balaban J connectivity index is 0.00000144. The van der Waals surface area contributed by atoms with Gasteiger partial charge >= 0.3 is 0 Å². The highest BCUT2D eigenvalue weighted by Gasteiger charge is 2.19. The molecule has 0 aromatic heterocycles. The van der Waals surface area contributed by atoms with Crippen molar-refractivity contribution in [2.24, 2.45) is 11.8 Å². The maximum Gasteiger partial charge on any atom is 0.220 e. The molecule has 1 amide bonds. The van der Waals surface area contributed by atoms with Gasteiger partial charge < -0.3 is 10.6 Å². The molecule has 0 bridgehead atoms. The molecule has 1 aliphatic carbocycles. The van der Waals surface area contributed by atoms with E-state index in [2.05, 4.69) is 10.6 Å². The van der Waals surface area contributed by atoms with Crippen molar-refractivity contribution in [1.82, 2.24) is 10.6 Å². The van der Waals surface area contributed by atoms with Gasteiger partial charge in [-0.3, -0.25) is 4.79 Å². The topological polar surface area (TPSA) is 41.1 Å². The van der Waals surface area contributed by atoms with E-state index in [1.807, 2.05) is 0 Å². The van der Waals surface area contributed by atoms with Gasteiger partial charge in [0.25, 0.3) is 0 Å². The molecule has 0 spiro atoms.